The van der Waals surface area contributed by atoms with Gasteiger partial charge in [-0.05, 0) is 79.4 Å². The zero-order chi connectivity index (χ0) is 16.6. The smallest absolute Gasteiger partial charge is 0.0855 e. The Labute approximate surface area is 138 Å². The van der Waals surface area contributed by atoms with Crippen molar-refractivity contribution in [1.82, 2.24) is 0 Å². The van der Waals surface area contributed by atoms with Gasteiger partial charge in [0, 0.05) is 0 Å². The summed E-state index contributed by atoms with van der Waals surface area (Å²) in [5, 5.41) is 41.7. The molecule has 0 spiro atoms. The highest BCUT2D eigenvalue weighted by Crippen LogP contribution is 2.66. The molecule has 0 radical (unpaired) electrons. The Kier molecular flexibility index (Phi) is 3.67. The van der Waals surface area contributed by atoms with Crippen LogP contribution in [0.4, 0.5) is 0 Å². The highest BCUT2D eigenvalue weighted by molar-refractivity contribution is 5.13. The summed E-state index contributed by atoms with van der Waals surface area (Å²) in [6.45, 7) is 4.48. The van der Waals surface area contributed by atoms with E-state index in [1.165, 1.54) is 0 Å². The Morgan fingerprint density at radius 1 is 0.739 bits per heavy atom. The summed E-state index contributed by atoms with van der Waals surface area (Å²) in [5.74, 6) is 1.27. The summed E-state index contributed by atoms with van der Waals surface area (Å²) in [4.78, 5) is 0. The van der Waals surface area contributed by atoms with E-state index in [4.69, 9.17) is 0 Å². The molecule has 132 valence electrons. The van der Waals surface area contributed by atoms with Crippen molar-refractivity contribution < 1.29 is 20.4 Å². The maximum atomic E-state index is 10.9. The predicted octanol–water partition coefficient (Wildman–Crippen LogP) is 1.69. The Morgan fingerprint density at radius 3 is 2.17 bits per heavy atom. The third-order valence-electron chi connectivity index (χ3n) is 8.63. The minimum Gasteiger partial charge on any atom is -0.393 e. The van der Waals surface area contributed by atoms with Crippen molar-refractivity contribution >= 4 is 0 Å². The van der Waals surface area contributed by atoms with Crippen LogP contribution in [-0.4, -0.2) is 44.8 Å². The van der Waals surface area contributed by atoms with E-state index >= 15 is 0 Å². The molecule has 0 aromatic heterocycles. The fourth-order valence-corrected chi connectivity index (χ4v) is 7.19. The molecular formula is C19H32O4. The van der Waals surface area contributed by atoms with Crippen molar-refractivity contribution in [1.29, 1.82) is 0 Å². The van der Waals surface area contributed by atoms with Crippen molar-refractivity contribution in [3.05, 3.63) is 0 Å². The van der Waals surface area contributed by atoms with Gasteiger partial charge >= 0.3 is 0 Å². The monoisotopic (exact) mass is 324 g/mol. The first-order valence-electron chi connectivity index (χ1n) is 9.49. The van der Waals surface area contributed by atoms with Crippen LogP contribution in [0.1, 0.15) is 58.8 Å². The van der Waals surface area contributed by atoms with Gasteiger partial charge in [-0.25, -0.2) is 0 Å². The van der Waals surface area contributed by atoms with E-state index in [1.54, 1.807) is 0 Å². The van der Waals surface area contributed by atoms with E-state index in [-0.39, 0.29) is 34.9 Å². The van der Waals surface area contributed by atoms with Gasteiger partial charge in [-0.2, -0.15) is 0 Å². The Hall–Kier alpha value is -0.160. The number of aliphatic hydroxyl groups is 4. The summed E-state index contributed by atoms with van der Waals surface area (Å²) in [6.07, 6.45) is 4.24. The Bertz CT molecular complexity index is 482. The summed E-state index contributed by atoms with van der Waals surface area (Å²) < 4.78 is 0. The van der Waals surface area contributed by atoms with Gasteiger partial charge in [0.15, 0.2) is 0 Å². The van der Waals surface area contributed by atoms with E-state index in [9.17, 15) is 20.4 Å². The van der Waals surface area contributed by atoms with Crippen molar-refractivity contribution in [2.24, 2.45) is 34.5 Å². The molecule has 4 nitrogen and oxygen atoms in total. The summed E-state index contributed by atoms with van der Waals surface area (Å²) >= 11 is 0. The highest BCUT2D eigenvalue weighted by Gasteiger charge is 2.64. The molecule has 0 aliphatic heterocycles. The number of rotatable bonds is 0. The Morgan fingerprint density at radius 2 is 1.43 bits per heavy atom. The van der Waals surface area contributed by atoms with E-state index in [2.05, 4.69) is 13.8 Å². The Balaban J connectivity index is 1.68. The summed E-state index contributed by atoms with van der Waals surface area (Å²) in [6, 6.07) is 0. The molecule has 0 aromatic carbocycles. The van der Waals surface area contributed by atoms with Crippen molar-refractivity contribution in [2.75, 3.05) is 0 Å². The molecule has 4 aliphatic carbocycles. The third-order valence-corrected chi connectivity index (χ3v) is 8.63. The maximum absolute atomic E-state index is 10.9. The fourth-order valence-electron chi connectivity index (χ4n) is 7.19. The lowest BCUT2D eigenvalue weighted by atomic mass is 9.44. The molecule has 4 rings (SSSR count). The molecule has 4 saturated carbocycles. The second-order valence-corrected chi connectivity index (χ2v) is 9.52. The van der Waals surface area contributed by atoms with Crippen LogP contribution in [0.2, 0.25) is 0 Å². The molecule has 4 N–H and O–H groups in total. The lowest BCUT2D eigenvalue weighted by molar-refractivity contribution is -0.177. The van der Waals surface area contributed by atoms with Crippen LogP contribution in [0.3, 0.4) is 0 Å². The van der Waals surface area contributed by atoms with Gasteiger partial charge in [-0.3, -0.25) is 0 Å². The summed E-state index contributed by atoms with van der Waals surface area (Å²) in [7, 11) is 0. The molecule has 0 heterocycles. The molecule has 4 aliphatic rings. The number of fused-ring (bicyclic) bond motifs is 5. The van der Waals surface area contributed by atoms with E-state index < -0.39 is 12.2 Å². The highest BCUT2D eigenvalue weighted by atomic mass is 16.3. The van der Waals surface area contributed by atoms with Gasteiger partial charge in [-0.1, -0.05) is 13.8 Å². The van der Waals surface area contributed by atoms with Gasteiger partial charge in [0.25, 0.3) is 0 Å². The molecular weight excluding hydrogens is 292 g/mol. The van der Waals surface area contributed by atoms with Gasteiger partial charge in [0.1, 0.15) is 0 Å². The normalized spacial score (nSPS) is 62.3. The third kappa shape index (κ3) is 2.11. The van der Waals surface area contributed by atoms with Gasteiger partial charge < -0.3 is 20.4 Å². The van der Waals surface area contributed by atoms with Crippen molar-refractivity contribution in [2.45, 2.75) is 83.2 Å². The van der Waals surface area contributed by atoms with Gasteiger partial charge in [0.2, 0.25) is 0 Å². The van der Waals surface area contributed by atoms with Crippen LogP contribution in [0, 0.1) is 34.5 Å². The first kappa shape index (κ1) is 16.3. The standard InChI is InChI=1S/C19H32O4/c1-18-5-3-11(20)7-10(18)8-14(21)16-12(18)4-6-19(2)13(16)9-15(22)17(19)23/h10-17,20-23H,3-9H2,1-2H3/t10-,11-,12?,13?,14?,15-,16?,17+,18+,19+/m1/s1. The van der Waals surface area contributed by atoms with Crippen molar-refractivity contribution in [3.8, 4) is 0 Å². The second kappa shape index (κ2) is 5.17. The lowest BCUT2D eigenvalue weighted by Gasteiger charge is -2.61. The van der Waals surface area contributed by atoms with Crippen LogP contribution in [0.25, 0.3) is 0 Å². The van der Waals surface area contributed by atoms with Crippen molar-refractivity contribution in [3.63, 3.8) is 0 Å². The second-order valence-electron chi connectivity index (χ2n) is 9.52. The minimum absolute atomic E-state index is 0.192. The quantitative estimate of drug-likeness (QED) is 0.547. The van der Waals surface area contributed by atoms with Crippen LogP contribution >= 0.6 is 0 Å². The largest absolute Gasteiger partial charge is 0.393 e. The number of hydrogen-bond acceptors (Lipinski definition) is 4. The van der Waals surface area contributed by atoms with Crippen LogP contribution in [0.15, 0.2) is 0 Å². The molecule has 0 bridgehead atoms. The van der Waals surface area contributed by atoms with E-state index in [1.807, 2.05) is 0 Å². The van der Waals surface area contributed by atoms with Crippen LogP contribution < -0.4 is 0 Å². The average Bonchev–Trinajstić information content (AvgIpc) is 2.73. The molecule has 10 atom stereocenters. The summed E-state index contributed by atoms with van der Waals surface area (Å²) in [5.41, 5.74) is -0.0537. The van der Waals surface area contributed by atoms with E-state index in [0.717, 1.165) is 38.5 Å². The van der Waals surface area contributed by atoms with Gasteiger partial charge in [0.05, 0.1) is 24.4 Å². The average molecular weight is 324 g/mol. The maximum Gasteiger partial charge on any atom is 0.0855 e. The molecule has 23 heavy (non-hydrogen) atoms. The van der Waals surface area contributed by atoms with Crippen LogP contribution in [0.5, 0.6) is 0 Å². The topological polar surface area (TPSA) is 80.9 Å². The first-order chi connectivity index (χ1) is 10.8. The zero-order valence-corrected chi connectivity index (χ0v) is 14.4. The predicted molar refractivity (Wildman–Crippen MR) is 86.5 cm³/mol. The SMILES string of the molecule is C[C@]12CCC3C(C(O)C[C@H]4C[C@H](O)CC[C@]34C)C1C[C@@H](O)[C@@H]2O. The molecule has 0 amide bonds. The first-order valence-corrected chi connectivity index (χ1v) is 9.49. The fraction of sp³-hybridized carbons (Fsp3) is 1.00. The number of hydrogen-bond donors (Lipinski definition) is 4. The molecule has 4 unspecified atom stereocenters. The lowest BCUT2D eigenvalue weighted by Crippen LogP contribution is -2.58. The number of aliphatic hydroxyl groups excluding tert-OH is 4. The molecule has 0 saturated heterocycles. The minimum atomic E-state index is -0.653. The molecule has 4 fully saturated rings. The zero-order valence-electron chi connectivity index (χ0n) is 14.4. The molecule has 0 aromatic rings. The molecule has 4 heteroatoms. The van der Waals surface area contributed by atoms with Crippen LogP contribution in [-0.2, 0) is 0 Å². The van der Waals surface area contributed by atoms with E-state index in [0.29, 0.717) is 18.3 Å². The van der Waals surface area contributed by atoms with Gasteiger partial charge in [-0.15, -0.1) is 0 Å².